The molecule has 0 rings (SSSR count). The third-order valence-corrected chi connectivity index (χ3v) is 2.07. The fourth-order valence-corrected chi connectivity index (χ4v) is 1.28. The van der Waals surface area contributed by atoms with E-state index in [1.165, 1.54) is 0 Å². The molecular formula is C10H23NO2. The fourth-order valence-electron chi connectivity index (χ4n) is 1.28. The van der Waals surface area contributed by atoms with E-state index in [9.17, 15) is 0 Å². The smallest absolute Gasteiger partial charge is 0.0618 e. The lowest BCUT2D eigenvalue weighted by Gasteiger charge is -2.25. The van der Waals surface area contributed by atoms with Crippen molar-refractivity contribution < 1.29 is 9.47 Å². The Hall–Kier alpha value is -0.120. The van der Waals surface area contributed by atoms with Crippen molar-refractivity contribution in [3.05, 3.63) is 0 Å². The Morgan fingerprint density at radius 2 is 1.54 bits per heavy atom. The second-order valence-corrected chi connectivity index (χ2v) is 3.83. The van der Waals surface area contributed by atoms with Crippen LogP contribution in [0.1, 0.15) is 20.8 Å². The molecule has 0 heterocycles. The summed E-state index contributed by atoms with van der Waals surface area (Å²) in [6.07, 6.45) is 0. The molecule has 2 unspecified atom stereocenters. The first-order valence-corrected chi connectivity index (χ1v) is 4.85. The highest BCUT2D eigenvalue weighted by Gasteiger charge is 2.15. The predicted octanol–water partition coefficient (Wildman–Crippen LogP) is 1.28. The Morgan fingerprint density at radius 1 is 1.00 bits per heavy atom. The van der Waals surface area contributed by atoms with Gasteiger partial charge in [-0.25, -0.2) is 0 Å². The molecule has 0 aliphatic heterocycles. The molecule has 2 atom stereocenters. The van der Waals surface area contributed by atoms with Crippen LogP contribution >= 0.6 is 0 Å². The number of rotatable bonds is 7. The average molecular weight is 189 g/mol. The normalized spacial score (nSPS) is 16.2. The monoisotopic (exact) mass is 189 g/mol. The van der Waals surface area contributed by atoms with E-state index < -0.39 is 0 Å². The van der Waals surface area contributed by atoms with Gasteiger partial charge in [0.1, 0.15) is 0 Å². The van der Waals surface area contributed by atoms with Gasteiger partial charge in [-0.05, 0) is 12.8 Å². The summed E-state index contributed by atoms with van der Waals surface area (Å²) >= 11 is 0. The zero-order chi connectivity index (χ0) is 10.3. The SMILES string of the molecule is COCC(C)NC(COC)C(C)C. The summed E-state index contributed by atoms with van der Waals surface area (Å²) in [4.78, 5) is 0. The molecule has 0 aromatic heterocycles. The highest BCUT2D eigenvalue weighted by Crippen LogP contribution is 2.03. The van der Waals surface area contributed by atoms with Crippen molar-refractivity contribution >= 4 is 0 Å². The molecule has 0 fully saturated rings. The van der Waals surface area contributed by atoms with Gasteiger partial charge in [0.05, 0.1) is 13.2 Å². The van der Waals surface area contributed by atoms with Crippen LogP contribution in [0.5, 0.6) is 0 Å². The van der Waals surface area contributed by atoms with E-state index in [1.807, 2.05) is 0 Å². The first-order chi connectivity index (χ1) is 6.11. The Balaban J connectivity index is 3.79. The van der Waals surface area contributed by atoms with E-state index in [4.69, 9.17) is 9.47 Å². The van der Waals surface area contributed by atoms with Crippen molar-refractivity contribution in [3.8, 4) is 0 Å². The van der Waals surface area contributed by atoms with Gasteiger partial charge >= 0.3 is 0 Å². The molecule has 80 valence electrons. The van der Waals surface area contributed by atoms with Gasteiger partial charge in [-0.3, -0.25) is 0 Å². The van der Waals surface area contributed by atoms with Crippen molar-refractivity contribution in [1.29, 1.82) is 0 Å². The summed E-state index contributed by atoms with van der Waals surface area (Å²) in [5, 5.41) is 3.47. The molecule has 3 heteroatoms. The molecule has 0 aliphatic rings. The molecule has 0 amide bonds. The van der Waals surface area contributed by atoms with E-state index in [-0.39, 0.29) is 0 Å². The topological polar surface area (TPSA) is 30.5 Å². The summed E-state index contributed by atoms with van der Waals surface area (Å²) in [5.74, 6) is 0.583. The minimum atomic E-state index is 0.382. The summed E-state index contributed by atoms with van der Waals surface area (Å²) in [5.41, 5.74) is 0. The van der Waals surface area contributed by atoms with Gasteiger partial charge in [0.2, 0.25) is 0 Å². The van der Waals surface area contributed by atoms with Crippen molar-refractivity contribution in [3.63, 3.8) is 0 Å². The zero-order valence-corrected chi connectivity index (χ0v) is 9.46. The van der Waals surface area contributed by atoms with Gasteiger partial charge in [-0.1, -0.05) is 13.8 Å². The molecule has 1 N–H and O–H groups in total. The van der Waals surface area contributed by atoms with Crippen LogP contribution in [0, 0.1) is 5.92 Å². The van der Waals surface area contributed by atoms with Gasteiger partial charge in [-0.15, -0.1) is 0 Å². The van der Waals surface area contributed by atoms with E-state index in [0.29, 0.717) is 18.0 Å². The zero-order valence-electron chi connectivity index (χ0n) is 9.46. The third-order valence-electron chi connectivity index (χ3n) is 2.07. The molecular weight excluding hydrogens is 166 g/mol. The summed E-state index contributed by atoms with van der Waals surface area (Å²) in [6, 6.07) is 0.794. The van der Waals surface area contributed by atoms with Crippen molar-refractivity contribution in [2.24, 2.45) is 5.92 Å². The molecule has 0 aromatic carbocycles. The van der Waals surface area contributed by atoms with Crippen LogP contribution in [0.2, 0.25) is 0 Å². The lowest BCUT2D eigenvalue weighted by Crippen LogP contribution is -2.44. The maximum atomic E-state index is 5.14. The van der Waals surface area contributed by atoms with E-state index in [1.54, 1.807) is 14.2 Å². The predicted molar refractivity (Wildman–Crippen MR) is 55.0 cm³/mol. The van der Waals surface area contributed by atoms with E-state index >= 15 is 0 Å². The van der Waals surface area contributed by atoms with E-state index in [0.717, 1.165) is 13.2 Å². The van der Waals surface area contributed by atoms with E-state index in [2.05, 4.69) is 26.1 Å². The lowest BCUT2D eigenvalue weighted by molar-refractivity contribution is 0.119. The number of hydrogen-bond donors (Lipinski definition) is 1. The van der Waals surface area contributed by atoms with Gasteiger partial charge in [0.15, 0.2) is 0 Å². The quantitative estimate of drug-likeness (QED) is 0.654. The van der Waals surface area contributed by atoms with Gasteiger partial charge in [-0.2, -0.15) is 0 Å². The highest BCUT2D eigenvalue weighted by atomic mass is 16.5. The van der Waals surface area contributed by atoms with Crippen LogP contribution < -0.4 is 5.32 Å². The van der Waals surface area contributed by atoms with Crippen LogP contribution in [0.4, 0.5) is 0 Å². The minimum Gasteiger partial charge on any atom is -0.383 e. The molecule has 3 nitrogen and oxygen atoms in total. The van der Waals surface area contributed by atoms with Crippen LogP contribution in [-0.2, 0) is 9.47 Å². The third kappa shape index (κ3) is 6.02. The van der Waals surface area contributed by atoms with Crippen molar-refractivity contribution in [2.75, 3.05) is 27.4 Å². The second kappa shape index (κ2) is 7.30. The maximum absolute atomic E-state index is 5.14. The number of ether oxygens (including phenoxy) is 2. The van der Waals surface area contributed by atoms with Crippen LogP contribution in [0.25, 0.3) is 0 Å². The number of nitrogens with one attached hydrogen (secondary N) is 1. The summed E-state index contributed by atoms with van der Waals surface area (Å²) in [7, 11) is 3.46. The molecule has 0 saturated carbocycles. The van der Waals surface area contributed by atoms with Crippen LogP contribution in [-0.4, -0.2) is 39.5 Å². The van der Waals surface area contributed by atoms with Gasteiger partial charge in [0, 0.05) is 26.3 Å². The molecule has 0 bridgehead atoms. The molecule has 13 heavy (non-hydrogen) atoms. The number of methoxy groups -OCH3 is 2. The Labute approximate surface area is 81.8 Å². The molecule has 0 saturated heterocycles. The van der Waals surface area contributed by atoms with Crippen LogP contribution in [0.15, 0.2) is 0 Å². The average Bonchev–Trinajstić information content (AvgIpc) is 2.04. The van der Waals surface area contributed by atoms with Crippen molar-refractivity contribution in [1.82, 2.24) is 5.32 Å². The Bertz CT molecular complexity index is 117. The first kappa shape index (κ1) is 12.9. The minimum absolute atomic E-state index is 0.382. The molecule has 0 radical (unpaired) electrons. The standard InChI is InChI=1S/C10H23NO2/c1-8(2)10(7-13-5)11-9(3)6-12-4/h8-11H,6-7H2,1-5H3. The Kier molecular flexibility index (Phi) is 7.23. The van der Waals surface area contributed by atoms with Gasteiger partial charge in [0.25, 0.3) is 0 Å². The largest absolute Gasteiger partial charge is 0.383 e. The fraction of sp³-hybridized carbons (Fsp3) is 1.00. The highest BCUT2D eigenvalue weighted by molar-refractivity contribution is 4.73. The second-order valence-electron chi connectivity index (χ2n) is 3.83. The maximum Gasteiger partial charge on any atom is 0.0618 e. The van der Waals surface area contributed by atoms with Crippen LogP contribution in [0.3, 0.4) is 0 Å². The van der Waals surface area contributed by atoms with Gasteiger partial charge < -0.3 is 14.8 Å². The first-order valence-electron chi connectivity index (χ1n) is 4.85. The lowest BCUT2D eigenvalue weighted by atomic mass is 10.0. The summed E-state index contributed by atoms with van der Waals surface area (Å²) < 4.78 is 10.2. The Morgan fingerprint density at radius 3 is 1.92 bits per heavy atom. The van der Waals surface area contributed by atoms with Crippen molar-refractivity contribution in [2.45, 2.75) is 32.9 Å². The molecule has 0 aliphatic carbocycles. The molecule has 0 spiro atoms. The summed E-state index contributed by atoms with van der Waals surface area (Å²) in [6.45, 7) is 8.00. The number of hydrogen-bond acceptors (Lipinski definition) is 3. The molecule has 0 aromatic rings.